The number of nitrogens with zero attached hydrogens (tertiary/aromatic N) is 1. The Kier molecular flexibility index (Phi) is 10.5. The van der Waals surface area contributed by atoms with Gasteiger partial charge in [-0.05, 0) is 73.9 Å². The van der Waals surface area contributed by atoms with Crippen molar-refractivity contribution in [2.75, 3.05) is 39.4 Å². The molecule has 0 bridgehead atoms. The van der Waals surface area contributed by atoms with Crippen LogP contribution in [0.5, 0.6) is 17.2 Å². The minimum absolute atomic E-state index is 0.144. The fraction of sp³-hybridized carbons (Fsp3) is 0.472. The summed E-state index contributed by atoms with van der Waals surface area (Å²) >= 11 is 13.7. The van der Waals surface area contributed by atoms with E-state index in [1.807, 2.05) is 37.3 Å². The average Bonchev–Trinajstić information content (AvgIpc) is 3.62. The topological polar surface area (TPSA) is 80.3 Å². The molecule has 2 atom stereocenters. The first-order valence-electron chi connectivity index (χ1n) is 16.2. The largest absolute Gasteiger partial charge is 0.493 e. The minimum Gasteiger partial charge on any atom is -0.493 e. The fourth-order valence-corrected chi connectivity index (χ4v) is 7.25. The standard InChI is InChI=1S/C36H42Cl2N2O5/c1-2-43-34-18-35(31(37)17-24(34)20-39-19-23-10-11-25(41)16-23)45-32-13-12-28-27(6-3-7-29(28)32)30-8-4-9-33(36(30)38)44-15-5-14-40-21-26(42)22-40/h3-4,6-9,17-18,23,26,32,39,42H,2,5,10-16,19-22H2,1H3/t23?,32-/m0/s1. The Balaban J connectivity index is 1.13. The molecule has 6 rings (SSSR count). The summed E-state index contributed by atoms with van der Waals surface area (Å²) in [6.07, 6.45) is 4.56. The van der Waals surface area contributed by atoms with Gasteiger partial charge in [0, 0.05) is 56.2 Å². The Morgan fingerprint density at radius 2 is 1.80 bits per heavy atom. The zero-order valence-electron chi connectivity index (χ0n) is 25.8. The summed E-state index contributed by atoms with van der Waals surface area (Å²) in [6, 6.07) is 16.1. The van der Waals surface area contributed by atoms with Crippen LogP contribution >= 0.6 is 23.2 Å². The summed E-state index contributed by atoms with van der Waals surface area (Å²) < 4.78 is 18.7. The molecule has 45 heavy (non-hydrogen) atoms. The summed E-state index contributed by atoms with van der Waals surface area (Å²) in [6.45, 7) is 6.88. The van der Waals surface area contributed by atoms with E-state index in [0.29, 0.717) is 65.8 Å². The van der Waals surface area contributed by atoms with E-state index in [0.717, 1.165) is 79.9 Å². The van der Waals surface area contributed by atoms with Gasteiger partial charge in [-0.2, -0.15) is 0 Å². The highest BCUT2D eigenvalue weighted by atomic mass is 35.5. The quantitative estimate of drug-likeness (QED) is 0.181. The van der Waals surface area contributed by atoms with Crippen molar-refractivity contribution in [1.82, 2.24) is 10.2 Å². The lowest BCUT2D eigenvalue weighted by Gasteiger charge is -2.35. The zero-order valence-corrected chi connectivity index (χ0v) is 27.3. The van der Waals surface area contributed by atoms with Crippen LogP contribution in [-0.2, 0) is 17.8 Å². The van der Waals surface area contributed by atoms with Crippen molar-refractivity contribution >= 4 is 29.0 Å². The van der Waals surface area contributed by atoms with E-state index >= 15 is 0 Å². The number of benzene rings is 3. The second-order valence-corrected chi connectivity index (χ2v) is 13.1. The lowest BCUT2D eigenvalue weighted by atomic mass is 9.96. The zero-order chi connectivity index (χ0) is 31.3. The van der Waals surface area contributed by atoms with E-state index in [1.54, 1.807) is 0 Å². The first-order valence-corrected chi connectivity index (χ1v) is 16.9. The predicted octanol–water partition coefficient (Wildman–Crippen LogP) is 7.03. The maximum atomic E-state index is 11.6. The second kappa shape index (κ2) is 14.7. The lowest BCUT2D eigenvalue weighted by molar-refractivity contribution is -0.117. The number of rotatable bonds is 14. The van der Waals surface area contributed by atoms with Gasteiger partial charge in [-0.15, -0.1) is 0 Å². The van der Waals surface area contributed by atoms with Gasteiger partial charge in [-0.1, -0.05) is 53.5 Å². The van der Waals surface area contributed by atoms with Crippen molar-refractivity contribution in [2.45, 2.75) is 64.2 Å². The smallest absolute Gasteiger partial charge is 0.142 e. The molecule has 1 heterocycles. The molecule has 2 N–H and O–H groups in total. The fourth-order valence-electron chi connectivity index (χ4n) is 6.74. The van der Waals surface area contributed by atoms with Crippen molar-refractivity contribution in [2.24, 2.45) is 5.92 Å². The monoisotopic (exact) mass is 652 g/mol. The molecule has 0 aromatic heterocycles. The number of ketones is 1. The van der Waals surface area contributed by atoms with Gasteiger partial charge in [0.25, 0.3) is 0 Å². The number of aliphatic hydroxyl groups excluding tert-OH is 1. The lowest BCUT2D eigenvalue weighted by Crippen LogP contribution is -2.50. The third kappa shape index (κ3) is 7.61. The maximum absolute atomic E-state index is 11.6. The number of carbonyl (C=O) groups is 1. The summed E-state index contributed by atoms with van der Waals surface area (Å²) in [5, 5.41) is 14.1. The van der Waals surface area contributed by atoms with E-state index in [-0.39, 0.29) is 12.2 Å². The van der Waals surface area contributed by atoms with Crippen molar-refractivity contribution < 1.29 is 24.1 Å². The van der Waals surface area contributed by atoms with Crippen LogP contribution in [0.1, 0.15) is 61.8 Å². The molecule has 2 fully saturated rings. The molecule has 1 saturated heterocycles. The molecular formula is C36H42Cl2N2O5. The predicted molar refractivity (Wildman–Crippen MR) is 178 cm³/mol. The number of fused-ring (bicyclic) bond motifs is 1. The number of hydrogen-bond donors (Lipinski definition) is 2. The van der Waals surface area contributed by atoms with Gasteiger partial charge in [-0.25, -0.2) is 0 Å². The Labute approximate surface area is 275 Å². The van der Waals surface area contributed by atoms with Crippen LogP contribution in [0.15, 0.2) is 48.5 Å². The number of ether oxygens (including phenoxy) is 3. The number of hydrogen-bond acceptors (Lipinski definition) is 7. The van der Waals surface area contributed by atoms with E-state index in [9.17, 15) is 9.90 Å². The Morgan fingerprint density at radius 1 is 0.978 bits per heavy atom. The van der Waals surface area contributed by atoms with Gasteiger partial charge in [0.15, 0.2) is 0 Å². The molecule has 3 aromatic carbocycles. The molecule has 3 aliphatic rings. The molecule has 1 saturated carbocycles. The SMILES string of the molecule is CCOc1cc(O[C@H]2CCc3c(-c4cccc(OCCCN5CC(O)C5)c4Cl)cccc32)c(Cl)cc1CNCC1CCC(=O)C1. The van der Waals surface area contributed by atoms with Crippen molar-refractivity contribution in [3.05, 3.63) is 75.3 Å². The molecule has 0 spiro atoms. The van der Waals surface area contributed by atoms with Gasteiger partial charge in [0.2, 0.25) is 0 Å². The number of Topliss-reactive ketones (excluding diaryl/α,β-unsaturated/α-hetero) is 1. The third-order valence-corrected chi connectivity index (χ3v) is 9.75. The number of β-amino-alcohol motifs (C(OH)–C–C–N with tert-alkyl or cyclic N) is 1. The summed E-state index contributed by atoms with van der Waals surface area (Å²) in [5.41, 5.74) is 5.38. The molecular weight excluding hydrogens is 611 g/mol. The van der Waals surface area contributed by atoms with Gasteiger partial charge in [-0.3, -0.25) is 9.69 Å². The van der Waals surface area contributed by atoms with Crippen LogP contribution in [0, 0.1) is 5.92 Å². The summed E-state index contributed by atoms with van der Waals surface area (Å²) in [5.74, 6) is 2.81. The summed E-state index contributed by atoms with van der Waals surface area (Å²) in [7, 11) is 0. The van der Waals surface area contributed by atoms with Crippen molar-refractivity contribution in [3.63, 3.8) is 0 Å². The Hall–Kier alpha value is -2.81. The highest BCUT2D eigenvalue weighted by Gasteiger charge is 2.29. The first-order chi connectivity index (χ1) is 21.9. The van der Waals surface area contributed by atoms with Crippen LogP contribution in [0.4, 0.5) is 0 Å². The highest BCUT2D eigenvalue weighted by Crippen LogP contribution is 2.45. The van der Waals surface area contributed by atoms with Gasteiger partial charge in [0.1, 0.15) is 29.1 Å². The number of halogens is 2. The van der Waals surface area contributed by atoms with Crippen LogP contribution in [0.3, 0.4) is 0 Å². The van der Waals surface area contributed by atoms with Crippen LogP contribution < -0.4 is 19.5 Å². The maximum Gasteiger partial charge on any atom is 0.142 e. The van der Waals surface area contributed by atoms with E-state index < -0.39 is 0 Å². The average molecular weight is 654 g/mol. The molecule has 9 heteroatoms. The van der Waals surface area contributed by atoms with Crippen LogP contribution in [-0.4, -0.2) is 61.3 Å². The number of aliphatic hydroxyl groups is 1. The molecule has 0 amide bonds. The molecule has 3 aromatic rings. The number of nitrogens with one attached hydrogen (secondary N) is 1. The first kappa shape index (κ1) is 32.1. The molecule has 1 aliphatic heterocycles. The van der Waals surface area contributed by atoms with Gasteiger partial charge < -0.3 is 24.6 Å². The second-order valence-electron chi connectivity index (χ2n) is 12.4. The molecule has 240 valence electrons. The molecule has 0 radical (unpaired) electrons. The Bertz CT molecular complexity index is 1510. The Morgan fingerprint density at radius 3 is 2.58 bits per heavy atom. The van der Waals surface area contributed by atoms with Crippen LogP contribution in [0.2, 0.25) is 10.0 Å². The van der Waals surface area contributed by atoms with E-state index in [4.69, 9.17) is 37.4 Å². The van der Waals surface area contributed by atoms with E-state index in [2.05, 4.69) is 28.4 Å². The third-order valence-electron chi connectivity index (χ3n) is 9.06. The molecule has 2 aliphatic carbocycles. The van der Waals surface area contributed by atoms with Crippen molar-refractivity contribution in [3.8, 4) is 28.4 Å². The minimum atomic E-state index is -0.186. The van der Waals surface area contributed by atoms with Gasteiger partial charge in [0.05, 0.1) is 29.4 Å². The van der Waals surface area contributed by atoms with E-state index in [1.165, 1.54) is 5.56 Å². The highest BCUT2D eigenvalue weighted by molar-refractivity contribution is 6.35. The summed E-state index contributed by atoms with van der Waals surface area (Å²) in [4.78, 5) is 13.8. The molecule has 1 unspecified atom stereocenters. The van der Waals surface area contributed by atoms with Crippen LogP contribution in [0.25, 0.3) is 11.1 Å². The number of carbonyl (C=O) groups excluding carboxylic acids is 1. The van der Waals surface area contributed by atoms with Crippen molar-refractivity contribution in [1.29, 1.82) is 0 Å². The number of likely N-dealkylation sites (tertiary alicyclic amines) is 1. The molecule has 7 nitrogen and oxygen atoms in total. The van der Waals surface area contributed by atoms with Gasteiger partial charge >= 0.3 is 0 Å². The normalized spacial score (nSPS) is 19.9.